The Labute approximate surface area is 130 Å². The van der Waals surface area contributed by atoms with Crippen LogP contribution in [0.2, 0.25) is 0 Å². The number of hydrogen-bond acceptors (Lipinski definition) is 4. The molecule has 0 saturated carbocycles. The number of nitrogens with zero attached hydrogens (tertiary/aromatic N) is 4. The van der Waals surface area contributed by atoms with Gasteiger partial charge in [-0.25, -0.2) is 9.97 Å². The van der Waals surface area contributed by atoms with Crippen LogP contribution in [0.4, 0.5) is 5.82 Å². The molecule has 0 saturated heterocycles. The topological polar surface area (TPSA) is 55.6 Å². The molecule has 1 atom stereocenters. The van der Waals surface area contributed by atoms with Crippen LogP contribution in [0.3, 0.4) is 0 Å². The van der Waals surface area contributed by atoms with Crippen molar-refractivity contribution >= 4 is 5.82 Å². The second-order valence-corrected chi connectivity index (χ2v) is 5.32. The Hall–Kier alpha value is -2.69. The lowest BCUT2D eigenvalue weighted by molar-refractivity contribution is 0.775. The Morgan fingerprint density at radius 1 is 1.14 bits per heavy atom. The van der Waals surface area contributed by atoms with Crippen LogP contribution in [0.15, 0.2) is 48.8 Å². The van der Waals surface area contributed by atoms with Gasteiger partial charge in [0, 0.05) is 31.0 Å². The highest BCUT2D eigenvalue weighted by Gasteiger charge is 2.09. The van der Waals surface area contributed by atoms with Crippen LogP contribution in [-0.2, 0) is 7.05 Å². The van der Waals surface area contributed by atoms with Crippen molar-refractivity contribution < 1.29 is 0 Å². The van der Waals surface area contributed by atoms with Gasteiger partial charge in [0.15, 0.2) is 0 Å². The van der Waals surface area contributed by atoms with Crippen LogP contribution in [0.25, 0.3) is 11.3 Å². The predicted octanol–water partition coefficient (Wildman–Crippen LogP) is 3.36. The highest BCUT2D eigenvalue weighted by molar-refractivity contribution is 5.60. The molecule has 0 fully saturated rings. The van der Waals surface area contributed by atoms with Crippen molar-refractivity contribution in [3.05, 3.63) is 60.2 Å². The van der Waals surface area contributed by atoms with Gasteiger partial charge < -0.3 is 5.32 Å². The largest absolute Gasteiger partial charge is 0.363 e. The molecule has 0 spiro atoms. The first-order chi connectivity index (χ1) is 10.6. The quantitative estimate of drug-likeness (QED) is 0.801. The number of nitrogens with one attached hydrogen (secondary N) is 1. The molecule has 0 aliphatic carbocycles. The van der Waals surface area contributed by atoms with E-state index >= 15 is 0 Å². The zero-order chi connectivity index (χ0) is 15.5. The van der Waals surface area contributed by atoms with E-state index in [9.17, 15) is 0 Å². The van der Waals surface area contributed by atoms with Crippen molar-refractivity contribution in [1.82, 2.24) is 19.7 Å². The van der Waals surface area contributed by atoms with E-state index in [0.717, 1.165) is 22.9 Å². The van der Waals surface area contributed by atoms with Gasteiger partial charge in [-0.3, -0.25) is 4.68 Å². The standard InChI is InChI=1S/C17H19N5/c1-12(20-17-8-9-18-13(2)21-17)14-5-4-6-15(11-14)16-7-10-19-22(16)3/h4-12H,1-3H3,(H,18,20,21)/t12-/m0/s1. The Bertz CT molecular complexity index is 778. The summed E-state index contributed by atoms with van der Waals surface area (Å²) in [7, 11) is 1.95. The van der Waals surface area contributed by atoms with Crippen LogP contribution in [0, 0.1) is 6.92 Å². The first kappa shape index (κ1) is 14.3. The van der Waals surface area contributed by atoms with Gasteiger partial charge in [-0.15, -0.1) is 0 Å². The molecular weight excluding hydrogens is 274 g/mol. The molecule has 0 aliphatic heterocycles. The van der Waals surface area contributed by atoms with Crippen LogP contribution in [0.5, 0.6) is 0 Å². The number of anilines is 1. The maximum atomic E-state index is 4.39. The summed E-state index contributed by atoms with van der Waals surface area (Å²) in [6, 6.07) is 12.5. The normalized spacial score (nSPS) is 12.1. The van der Waals surface area contributed by atoms with E-state index in [1.807, 2.05) is 37.0 Å². The summed E-state index contributed by atoms with van der Waals surface area (Å²) in [5, 5.41) is 7.64. The highest BCUT2D eigenvalue weighted by atomic mass is 15.3. The van der Waals surface area contributed by atoms with Gasteiger partial charge in [-0.05, 0) is 37.6 Å². The van der Waals surface area contributed by atoms with E-state index in [0.29, 0.717) is 0 Å². The monoisotopic (exact) mass is 293 g/mol. The summed E-state index contributed by atoms with van der Waals surface area (Å²) in [5.74, 6) is 1.60. The molecule has 2 aromatic heterocycles. The average Bonchev–Trinajstić information content (AvgIpc) is 2.93. The molecule has 0 aliphatic rings. The molecule has 2 heterocycles. The second-order valence-electron chi connectivity index (χ2n) is 5.32. The summed E-state index contributed by atoms with van der Waals surface area (Å²) in [6.45, 7) is 4.01. The molecule has 1 aromatic carbocycles. The third-order valence-corrected chi connectivity index (χ3v) is 3.64. The molecular formula is C17H19N5. The molecule has 3 rings (SSSR count). The average molecular weight is 293 g/mol. The van der Waals surface area contributed by atoms with E-state index in [4.69, 9.17) is 0 Å². The molecule has 5 heteroatoms. The minimum absolute atomic E-state index is 0.155. The first-order valence-electron chi connectivity index (χ1n) is 7.28. The third-order valence-electron chi connectivity index (χ3n) is 3.64. The van der Waals surface area contributed by atoms with Crippen molar-refractivity contribution in [3.8, 4) is 11.3 Å². The molecule has 5 nitrogen and oxygen atoms in total. The minimum atomic E-state index is 0.155. The summed E-state index contributed by atoms with van der Waals surface area (Å²) in [6.07, 6.45) is 3.58. The van der Waals surface area contributed by atoms with Gasteiger partial charge in [-0.2, -0.15) is 5.10 Å². The van der Waals surface area contributed by atoms with Crippen molar-refractivity contribution in [2.45, 2.75) is 19.9 Å². The van der Waals surface area contributed by atoms with Gasteiger partial charge in [0.05, 0.1) is 5.69 Å². The lowest BCUT2D eigenvalue weighted by Crippen LogP contribution is -2.08. The van der Waals surface area contributed by atoms with Gasteiger partial charge in [0.1, 0.15) is 11.6 Å². The lowest BCUT2D eigenvalue weighted by Gasteiger charge is -2.16. The van der Waals surface area contributed by atoms with Crippen molar-refractivity contribution in [2.24, 2.45) is 7.05 Å². The Morgan fingerprint density at radius 3 is 2.73 bits per heavy atom. The summed E-state index contributed by atoms with van der Waals surface area (Å²) >= 11 is 0. The smallest absolute Gasteiger partial charge is 0.130 e. The molecule has 0 bridgehead atoms. The summed E-state index contributed by atoms with van der Waals surface area (Å²) in [5.41, 5.74) is 3.46. The zero-order valence-corrected chi connectivity index (χ0v) is 13.0. The third kappa shape index (κ3) is 2.98. The lowest BCUT2D eigenvalue weighted by atomic mass is 10.0. The number of aryl methyl sites for hydroxylation is 2. The van der Waals surface area contributed by atoms with Crippen LogP contribution in [0.1, 0.15) is 24.4 Å². The fourth-order valence-electron chi connectivity index (χ4n) is 2.47. The molecule has 1 N–H and O–H groups in total. The molecule has 112 valence electrons. The SMILES string of the molecule is Cc1nccc(N[C@@H](C)c2cccc(-c3ccnn3C)c2)n1. The first-order valence-corrected chi connectivity index (χ1v) is 7.28. The van der Waals surface area contributed by atoms with E-state index in [1.165, 1.54) is 5.56 Å². The van der Waals surface area contributed by atoms with E-state index in [2.05, 4.69) is 51.6 Å². The fraction of sp³-hybridized carbons (Fsp3) is 0.235. The van der Waals surface area contributed by atoms with Gasteiger partial charge in [0.2, 0.25) is 0 Å². The zero-order valence-electron chi connectivity index (χ0n) is 13.0. The maximum Gasteiger partial charge on any atom is 0.130 e. The molecule has 0 amide bonds. The van der Waals surface area contributed by atoms with Crippen molar-refractivity contribution in [3.63, 3.8) is 0 Å². The minimum Gasteiger partial charge on any atom is -0.363 e. The summed E-state index contributed by atoms with van der Waals surface area (Å²) in [4.78, 5) is 8.51. The molecule has 0 radical (unpaired) electrons. The Morgan fingerprint density at radius 2 is 2.00 bits per heavy atom. The molecule has 0 unspecified atom stereocenters. The Kier molecular flexibility index (Phi) is 3.87. The number of rotatable bonds is 4. The van der Waals surface area contributed by atoms with Gasteiger partial charge in [-0.1, -0.05) is 18.2 Å². The van der Waals surface area contributed by atoms with Crippen LogP contribution >= 0.6 is 0 Å². The van der Waals surface area contributed by atoms with Crippen LogP contribution < -0.4 is 5.32 Å². The predicted molar refractivity (Wildman–Crippen MR) is 87.5 cm³/mol. The number of hydrogen-bond donors (Lipinski definition) is 1. The molecule has 22 heavy (non-hydrogen) atoms. The van der Waals surface area contributed by atoms with Gasteiger partial charge >= 0.3 is 0 Å². The van der Waals surface area contributed by atoms with E-state index < -0.39 is 0 Å². The summed E-state index contributed by atoms with van der Waals surface area (Å²) < 4.78 is 1.88. The number of benzene rings is 1. The van der Waals surface area contributed by atoms with Crippen molar-refractivity contribution in [1.29, 1.82) is 0 Å². The van der Waals surface area contributed by atoms with Gasteiger partial charge in [0.25, 0.3) is 0 Å². The highest BCUT2D eigenvalue weighted by Crippen LogP contribution is 2.24. The fourth-order valence-corrected chi connectivity index (χ4v) is 2.47. The Balaban J connectivity index is 1.84. The van der Waals surface area contributed by atoms with E-state index in [1.54, 1.807) is 6.20 Å². The number of aromatic nitrogens is 4. The maximum absolute atomic E-state index is 4.39. The molecule has 3 aromatic rings. The second kappa shape index (κ2) is 5.97. The van der Waals surface area contributed by atoms with Crippen molar-refractivity contribution in [2.75, 3.05) is 5.32 Å². The van der Waals surface area contributed by atoms with E-state index in [-0.39, 0.29) is 6.04 Å². The van der Waals surface area contributed by atoms with Crippen LogP contribution in [-0.4, -0.2) is 19.7 Å².